The average Bonchev–Trinajstić information content (AvgIpc) is 3.28. The van der Waals surface area contributed by atoms with E-state index in [1.165, 1.54) is 11.3 Å². The molecule has 1 aromatic carbocycles. The molecule has 0 saturated carbocycles. The van der Waals surface area contributed by atoms with Gasteiger partial charge < -0.3 is 19.5 Å². The maximum absolute atomic E-state index is 13.0. The Balaban J connectivity index is 1.80. The van der Waals surface area contributed by atoms with Gasteiger partial charge in [0.05, 0.1) is 18.2 Å². The highest BCUT2D eigenvalue weighted by Crippen LogP contribution is 2.43. The van der Waals surface area contributed by atoms with E-state index >= 15 is 0 Å². The van der Waals surface area contributed by atoms with Crippen LogP contribution in [0.3, 0.4) is 0 Å². The Morgan fingerprint density at radius 3 is 2.90 bits per heavy atom. The molecule has 1 fully saturated rings. The fourth-order valence-corrected chi connectivity index (χ4v) is 5.14. The number of hydrogen-bond acceptors (Lipinski definition) is 6. The standard InChI is InChI=1S/C23H25NO5S/c1-14-8-12-30-22(14)19-18(21(26)23(27)24(19)9-4-10-28-2)20(25)16-6-7-17-15(13-16)5-3-11-29-17/h6-8,12-13,19,25H,3-5,9-11H2,1-2H3/b20-18-. The number of Topliss-reactive ketones (excluding diaryl/α,β-unsaturated/α-hetero) is 1. The molecule has 3 heterocycles. The topological polar surface area (TPSA) is 76.1 Å². The normalized spacial score (nSPS) is 20.3. The van der Waals surface area contributed by atoms with Crippen LogP contribution in [0.25, 0.3) is 5.76 Å². The molecule has 6 nitrogen and oxygen atoms in total. The molecule has 1 saturated heterocycles. The molecule has 158 valence electrons. The van der Waals surface area contributed by atoms with Gasteiger partial charge >= 0.3 is 0 Å². The minimum atomic E-state index is -0.642. The highest BCUT2D eigenvalue weighted by atomic mass is 32.1. The molecule has 2 aliphatic rings. The number of rotatable bonds is 6. The summed E-state index contributed by atoms with van der Waals surface area (Å²) in [5, 5.41) is 13.1. The summed E-state index contributed by atoms with van der Waals surface area (Å²) in [6.07, 6.45) is 2.38. The first-order chi connectivity index (χ1) is 14.5. The summed E-state index contributed by atoms with van der Waals surface area (Å²) in [5.41, 5.74) is 2.69. The maximum atomic E-state index is 13.0. The molecular weight excluding hydrogens is 402 g/mol. The zero-order valence-corrected chi connectivity index (χ0v) is 18.0. The number of aryl methyl sites for hydroxylation is 2. The first-order valence-electron chi connectivity index (χ1n) is 10.1. The number of ketones is 1. The molecule has 7 heteroatoms. The van der Waals surface area contributed by atoms with Gasteiger partial charge in [0.25, 0.3) is 11.7 Å². The van der Waals surface area contributed by atoms with Crippen molar-refractivity contribution in [3.8, 4) is 5.75 Å². The van der Waals surface area contributed by atoms with Gasteiger partial charge in [-0.25, -0.2) is 0 Å². The van der Waals surface area contributed by atoms with Crippen LogP contribution in [0.4, 0.5) is 0 Å². The van der Waals surface area contributed by atoms with Crippen LogP contribution in [0, 0.1) is 6.92 Å². The molecule has 0 bridgehead atoms. The van der Waals surface area contributed by atoms with Gasteiger partial charge in [-0.15, -0.1) is 11.3 Å². The lowest BCUT2D eigenvalue weighted by molar-refractivity contribution is -0.140. The Kier molecular flexibility index (Phi) is 5.92. The number of fused-ring (bicyclic) bond motifs is 1. The molecule has 1 unspecified atom stereocenters. The molecule has 4 rings (SSSR count). The van der Waals surface area contributed by atoms with Crippen LogP contribution in [0.5, 0.6) is 5.75 Å². The van der Waals surface area contributed by atoms with E-state index in [9.17, 15) is 14.7 Å². The van der Waals surface area contributed by atoms with Crippen LogP contribution in [0.15, 0.2) is 35.2 Å². The van der Waals surface area contributed by atoms with E-state index < -0.39 is 17.7 Å². The SMILES string of the molecule is COCCCN1C(=O)C(=O)/C(=C(\O)c2ccc3c(c2)CCCO3)C1c1sccc1C. The van der Waals surface area contributed by atoms with E-state index in [2.05, 4.69) is 0 Å². The van der Waals surface area contributed by atoms with Crippen molar-refractivity contribution < 1.29 is 24.2 Å². The first kappa shape index (κ1) is 20.6. The first-order valence-corrected chi connectivity index (χ1v) is 11.0. The highest BCUT2D eigenvalue weighted by Gasteiger charge is 2.46. The molecule has 0 radical (unpaired) electrons. The predicted molar refractivity (Wildman–Crippen MR) is 115 cm³/mol. The zero-order chi connectivity index (χ0) is 21.3. The lowest BCUT2D eigenvalue weighted by Gasteiger charge is -2.25. The summed E-state index contributed by atoms with van der Waals surface area (Å²) < 4.78 is 10.8. The van der Waals surface area contributed by atoms with Gasteiger partial charge in [-0.2, -0.15) is 0 Å². The second kappa shape index (κ2) is 8.62. The van der Waals surface area contributed by atoms with E-state index in [1.807, 2.05) is 30.5 Å². The Morgan fingerprint density at radius 2 is 2.17 bits per heavy atom. The van der Waals surface area contributed by atoms with E-state index in [0.717, 1.165) is 34.6 Å². The Morgan fingerprint density at radius 1 is 1.33 bits per heavy atom. The van der Waals surface area contributed by atoms with Crippen LogP contribution in [0.2, 0.25) is 0 Å². The minimum absolute atomic E-state index is 0.131. The molecule has 30 heavy (non-hydrogen) atoms. The molecule has 2 aromatic rings. The number of benzene rings is 1. The summed E-state index contributed by atoms with van der Waals surface area (Å²) in [4.78, 5) is 28.3. The van der Waals surface area contributed by atoms with Crippen molar-refractivity contribution in [1.82, 2.24) is 4.90 Å². The second-order valence-corrected chi connectivity index (χ2v) is 8.53. The van der Waals surface area contributed by atoms with Crippen LogP contribution in [-0.4, -0.2) is 48.6 Å². The van der Waals surface area contributed by atoms with Gasteiger partial charge in [0.15, 0.2) is 0 Å². The molecule has 1 N–H and O–H groups in total. The monoisotopic (exact) mass is 427 g/mol. The Labute approximate surface area is 179 Å². The fraction of sp³-hybridized carbons (Fsp3) is 0.391. The summed E-state index contributed by atoms with van der Waals surface area (Å²) in [7, 11) is 1.61. The fourth-order valence-electron chi connectivity index (χ4n) is 4.09. The number of hydrogen-bond donors (Lipinski definition) is 1. The summed E-state index contributed by atoms with van der Waals surface area (Å²) in [5.74, 6) is -0.541. The summed E-state index contributed by atoms with van der Waals surface area (Å²) in [6, 6.07) is 6.81. The lowest BCUT2D eigenvalue weighted by Crippen LogP contribution is -2.31. The van der Waals surface area contributed by atoms with Crippen molar-refractivity contribution in [2.75, 3.05) is 26.9 Å². The number of methoxy groups -OCH3 is 1. The summed E-state index contributed by atoms with van der Waals surface area (Å²) >= 11 is 1.49. The van der Waals surface area contributed by atoms with Crippen molar-refractivity contribution >= 4 is 28.8 Å². The van der Waals surface area contributed by atoms with Crippen LogP contribution in [-0.2, 0) is 20.7 Å². The highest BCUT2D eigenvalue weighted by molar-refractivity contribution is 7.10. The van der Waals surface area contributed by atoms with E-state index in [0.29, 0.717) is 31.7 Å². The molecule has 1 atom stereocenters. The van der Waals surface area contributed by atoms with Crippen molar-refractivity contribution in [3.05, 3.63) is 56.8 Å². The van der Waals surface area contributed by atoms with E-state index in [1.54, 1.807) is 18.1 Å². The quantitative estimate of drug-likeness (QED) is 0.328. The van der Waals surface area contributed by atoms with Gasteiger partial charge in [0.2, 0.25) is 0 Å². The number of thiophene rings is 1. The van der Waals surface area contributed by atoms with Crippen LogP contribution < -0.4 is 4.74 Å². The zero-order valence-electron chi connectivity index (χ0n) is 17.1. The average molecular weight is 428 g/mol. The molecule has 2 aliphatic heterocycles. The molecular formula is C23H25NO5S. The third-order valence-electron chi connectivity index (χ3n) is 5.62. The largest absolute Gasteiger partial charge is 0.507 e. The van der Waals surface area contributed by atoms with Crippen LogP contribution in [0.1, 0.15) is 40.5 Å². The number of ether oxygens (including phenoxy) is 2. The Bertz CT molecular complexity index is 1010. The Hall–Kier alpha value is -2.64. The predicted octanol–water partition coefficient (Wildman–Crippen LogP) is 3.84. The number of likely N-dealkylation sites (tertiary alicyclic amines) is 1. The molecule has 0 spiro atoms. The van der Waals surface area contributed by atoms with Gasteiger partial charge in [-0.3, -0.25) is 9.59 Å². The van der Waals surface area contributed by atoms with E-state index in [4.69, 9.17) is 9.47 Å². The maximum Gasteiger partial charge on any atom is 0.295 e. The smallest absolute Gasteiger partial charge is 0.295 e. The van der Waals surface area contributed by atoms with Crippen molar-refractivity contribution in [2.24, 2.45) is 0 Å². The van der Waals surface area contributed by atoms with Crippen LogP contribution >= 0.6 is 11.3 Å². The second-order valence-electron chi connectivity index (χ2n) is 7.58. The lowest BCUT2D eigenvalue weighted by atomic mass is 9.96. The number of aliphatic hydroxyl groups is 1. The number of aliphatic hydroxyl groups excluding tert-OH is 1. The van der Waals surface area contributed by atoms with Gasteiger partial charge in [-0.1, -0.05) is 0 Å². The van der Waals surface area contributed by atoms with Crippen molar-refractivity contribution in [3.63, 3.8) is 0 Å². The van der Waals surface area contributed by atoms with Gasteiger partial charge in [-0.05, 0) is 67.0 Å². The molecule has 1 aromatic heterocycles. The van der Waals surface area contributed by atoms with Crippen molar-refractivity contribution in [2.45, 2.75) is 32.2 Å². The number of nitrogens with zero attached hydrogens (tertiary/aromatic N) is 1. The summed E-state index contributed by atoms with van der Waals surface area (Å²) in [6.45, 7) is 3.51. The van der Waals surface area contributed by atoms with Gasteiger partial charge in [0.1, 0.15) is 11.5 Å². The minimum Gasteiger partial charge on any atom is -0.507 e. The molecule has 0 aliphatic carbocycles. The molecule has 1 amide bonds. The third kappa shape index (κ3) is 3.63. The van der Waals surface area contributed by atoms with Gasteiger partial charge in [0, 0.05) is 30.7 Å². The van der Waals surface area contributed by atoms with E-state index in [-0.39, 0.29) is 11.3 Å². The number of carbonyl (C=O) groups is 2. The third-order valence-corrected chi connectivity index (χ3v) is 6.69. The van der Waals surface area contributed by atoms with Crippen molar-refractivity contribution in [1.29, 1.82) is 0 Å². The number of carbonyl (C=O) groups excluding carboxylic acids is 2. The number of amides is 1.